The Morgan fingerprint density at radius 1 is 1.32 bits per heavy atom. The summed E-state index contributed by atoms with van der Waals surface area (Å²) in [7, 11) is 0. The van der Waals surface area contributed by atoms with Gasteiger partial charge in [0, 0.05) is 24.9 Å². The Morgan fingerprint density at radius 3 is 2.81 bits per heavy atom. The van der Waals surface area contributed by atoms with Crippen LogP contribution in [0, 0.1) is 11.6 Å². The smallest absolute Gasteiger partial charge is 0.283 e. The number of fused-ring (bicyclic) bond motifs is 3. The number of aromatic nitrogens is 1. The van der Waals surface area contributed by atoms with Crippen LogP contribution < -0.4 is 10.7 Å². The van der Waals surface area contributed by atoms with Crippen molar-refractivity contribution in [2.24, 2.45) is 0 Å². The third-order valence-corrected chi connectivity index (χ3v) is 6.85. The van der Waals surface area contributed by atoms with Gasteiger partial charge in [0.05, 0.1) is 41.6 Å². The lowest BCUT2D eigenvalue weighted by molar-refractivity contribution is 0.0106. The van der Waals surface area contributed by atoms with Gasteiger partial charge in [-0.25, -0.2) is 8.78 Å². The highest BCUT2D eigenvalue weighted by atomic mass is 127. The molecule has 8 nitrogen and oxygen atoms in total. The number of hydrogen-bond donors (Lipinski definition) is 2. The third-order valence-electron chi connectivity index (χ3n) is 5.35. The fourth-order valence-corrected chi connectivity index (χ4v) is 4.68. The number of amides is 2. The zero-order valence-corrected chi connectivity index (χ0v) is 18.6. The number of nitrogens with zero attached hydrogens (tertiary/aromatic N) is 2. The first-order valence-corrected chi connectivity index (χ1v) is 10.5. The van der Waals surface area contributed by atoms with E-state index >= 15 is 0 Å². The molecule has 0 spiro atoms. The minimum absolute atomic E-state index is 0.0812. The summed E-state index contributed by atoms with van der Waals surface area (Å²) in [5.74, 6) is -4.25. The molecular weight excluding hydrogens is 551 g/mol. The van der Waals surface area contributed by atoms with Gasteiger partial charge >= 0.3 is 0 Å². The predicted molar refractivity (Wildman–Crippen MR) is 113 cm³/mol. The lowest BCUT2D eigenvalue weighted by Gasteiger charge is -2.42. The fraction of sp³-hybridized carbons (Fsp3) is 0.316. The maximum absolute atomic E-state index is 14.1. The zero-order chi connectivity index (χ0) is 22.4. The molecule has 0 bridgehead atoms. The van der Waals surface area contributed by atoms with Gasteiger partial charge in [0.1, 0.15) is 22.2 Å². The molecule has 0 saturated carbocycles. The Hall–Kier alpha value is -2.25. The lowest BCUT2D eigenvalue weighted by Crippen LogP contribution is -2.51. The van der Waals surface area contributed by atoms with E-state index in [0.717, 1.165) is 12.1 Å². The van der Waals surface area contributed by atoms with E-state index < -0.39 is 45.2 Å². The summed E-state index contributed by atoms with van der Waals surface area (Å²) >= 11 is 7.35. The second kappa shape index (κ2) is 8.36. The Balaban J connectivity index is 1.68. The Labute approximate surface area is 193 Å². The van der Waals surface area contributed by atoms with Crippen molar-refractivity contribution in [2.45, 2.75) is 25.0 Å². The van der Waals surface area contributed by atoms with E-state index in [2.05, 4.69) is 5.32 Å². The van der Waals surface area contributed by atoms with Crippen LogP contribution in [0.4, 0.5) is 8.78 Å². The summed E-state index contributed by atoms with van der Waals surface area (Å²) in [6, 6.07) is 1.44. The van der Waals surface area contributed by atoms with E-state index in [1.54, 1.807) is 0 Å². The zero-order valence-electron chi connectivity index (χ0n) is 15.7. The van der Waals surface area contributed by atoms with Crippen LogP contribution in [0.25, 0.3) is 0 Å². The fourth-order valence-electron chi connectivity index (χ4n) is 3.73. The van der Waals surface area contributed by atoms with E-state index in [-0.39, 0.29) is 36.5 Å². The highest BCUT2D eigenvalue weighted by Crippen LogP contribution is 2.36. The van der Waals surface area contributed by atoms with Gasteiger partial charge in [0.15, 0.2) is 11.4 Å². The topological polar surface area (TPSA) is 101 Å². The summed E-state index contributed by atoms with van der Waals surface area (Å²) in [5.41, 5.74) is -1.71. The number of hydrogen-bond acceptors (Lipinski definition) is 5. The van der Waals surface area contributed by atoms with Crippen molar-refractivity contribution in [3.05, 3.63) is 62.0 Å². The van der Waals surface area contributed by atoms with E-state index in [4.69, 9.17) is 16.3 Å². The number of nitrogens with one attached hydrogen (secondary N) is 1. The predicted octanol–water partition coefficient (Wildman–Crippen LogP) is 2.55. The van der Waals surface area contributed by atoms with Gasteiger partial charge in [-0.05, 0) is 12.5 Å². The molecule has 2 aliphatic heterocycles. The summed E-state index contributed by atoms with van der Waals surface area (Å²) < 4.78 is 35.6. The van der Waals surface area contributed by atoms with Crippen molar-refractivity contribution in [1.82, 2.24) is 13.0 Å². The molecule has 2 aliphatic rings. The van der Waals surface area contributed by atoms with E-state index in [9.17, 15) is 28.3 Å². The second-order valence-electron chi connectivity index (χ2n) is 7.11. The molecule has 31 heavy (non-hydrogen) atoms. The quantitative estimate of drug-likeness (QED) is 0.339. The first-order valence-electron chi connectivity index (χ1n) is 9.18. The molecule has 2 aromatic rings. The average Bonchev–Trinajstić information content (AvgIpc) is 2.77. The highest BCUT2D eigenvalue weighted by molar-refractivity contribution is 14.1. The average molecular weight is 566 g/mol. The molecule has 4 rings (SSSR count). The molecule has 1 aromatic carbocycles. The standard InChI is InChI=1S/C19H15ClF2IN3O5/c20-13-10(21)2-1-8(14(13)22)5-24-18(29)9-6-25-11-3-4-31-7-12(11)26(23)19(30)15(25)17(28)16(9)27/h1-2,6,11-12,28H,3-5,7H2,(H,24,29)/t11-,12+/m0/s1. The number of pyridine rings is 1. The molecule has 0 aliphatic carbocycles. The molecule has 3 heterocycles. The highest BCUT2D eigenvalue weighted by Gasteiger charge is 2.43. The number of carbonyl (C=O) groups excluding carboxylic acids is 2. The third kappa shape index (κ3) is 3.68. The maximum atomic E-state index is 14.1. The summed E-state index contributed by atoms with van der Waals surface area (Å²) in [5, 5.41) is 12.1. The number of benzene rings is 1. The largest absolute Gasteiger partial charge is 0.503 e. The van der Waals surface area contributed by atoms with Crippen molar-refractivity contribution in [1.29, 1.82) is 0 Å². The van der Waals surface area contributed by atoms with Crippen LogP contribution in [0.3, 0.4) is 0 Å². The number of aromatic hydroxyl groups is 1. The lowest BCUT2D eigenvalue weighted by atomic mass is 9.98. The van der Waals surface area contributed by atoms with Crippen LogP contribution in [0.15, 0.2) is 23.1 Å². The van der Waals surface area contributed by atoms with Crippen molar-refractivity contribution in [3.8, 4) is 5.75 Å². The van der Waals surface area contributed by atoms with E-state index in [0.29, 0.717) is 13.0 Å². The van der Waals surface area contributed by atoms with Gasteiger partial charge in [-0.3, -0.25) is 17.5 Å². The van der Waals surface area contributed by atoms with Crippen LogP contribution >= 0.6 is 34.5 Å². The Morgan fingerprint density at radius 2 is 2.06 bits per heavy atom. The van der Waals surface area contributed by atoms with Crippen molar-refractivity contribution >= 4 is 46.3 Å². The monoisotopic (exact) mass is 565 g/mol. The number of ether oxygens (including phenoxy) is 1. The van der Waals surface area contributed by atoms with Crippen LogP contribution in [0.5, 0.6) is 5.75 Å². The van der Waals surface area contributed by atoms with Gasteiger partial charge in [0.25, 0.3) is 11.8 Å². The van der Waals surface area contributed by atoms with Crippen molar-refractivity contribution < 1.29 is 28.2 Å². The van der Waals surface area contributed by atoms with Gasteiger partial charge in [-0.15, -0.1) is 0 Å². The van der Waals surface area contributed by atoms with E-state index in [1.165, 1.54) is 13.9 Å². The van der Waals surface area contributed by atoms with E-state index in [1.807, 2.05) is 22.9 Å². The van der Waals surface area contributed by atoms with Crippen molar-refractivity contribution in [3.63, 3.8) is 0 Å². The first kappa shape index (κ1) is 22.0. The van der Waals surface area contributed by atoms with Gasteiger partial charge < -0.3 is 19.7 Å². The summed E-state index contributed by atoms with van der Waals surface area (Å²) in [4.78, 5) is 38.0. The molecule has 164 valence electrons. The molecule has 12 heteroatoms. The molecule has 1 fully saturated rings. The molecule has 2 amide bonds. The second-order valence-corrected chi connectivity index (χ2v) is 8.53. The summed E-state index contributed by atoms with van der Waals surface area (Å²) in [6.07, 6.45) is 1.73. The Bertz CT molecular complexity index is 1160. The van der Waals surface area contributed by atoms with Crippen LogP contribution in [-0.2, 0) is 11.3 Å². The molecule has 0 unspecified atom stereocenters. The number of rotatable bonds is 3. The maximum Gasteiger partial charge on any atom is 0.283 e. The molecule has 1 aromatic heterocycles. The van der Waals surface area contributed by atoms with Gasteiger partial charge in [-0.2, -0.15) is 0 Å². The molecule has 2 atom stereocenters. The van der Waals surface area contributed by atoms with Crippen LogP contribution in [0.2, 0.25) is 5.02 Å². The Kier molecular flexibility index (Phi) is 5.92. The van der Waals surface area contributed by atoms with Crippen LogP contribution in [-0.4, -0.2) is 43.9 Å². The van der Waals surface area contributed by atoms with Gasteiger partial charge in [0.2, 0.25) is 5.43 Å². The summed E-state index contributed by atoms with van der Waals surface area (Å²) in [6.45, 7) is 0.322. The molecule has 1 saturated heterocycles. The molecular formula is C19H15ClF2IN3O5. The molecule has 0 radical (unpaired) electrons. The normalized spacial score (nSPS) is 20.3. The minimum atomic E-state index is -1.02. The minimum Gasteiger partial charge on any atom is -0.503 e. The van der Waals surface area contributed by atoms with Gasteiger partial charge in [-0.1, -0.05) is 17.7 Å². The van der Waals surface area contributed by atoms with Crippen molar-refractivity contribution in [2.75, 3.05) is 13.2 Å². The molecule has 2 N–H and O–H groups in total. The number of carbonyl (C=O) groups is 2. The SMILES string of the molecule is O=C(NCc1ccc(F)c(Cl)c1F)c1cn2c(c(O)c1=O)C(=O)N(I)[C@@H]1COCC[C@@H]12. The first-order chi connectivity index (χ1) is 14.7. The van der Waals surface area contributed by atoms with Crippen LogP contribution in [0.1, 0.15) is 38.9 Å². The number of halogens is 4.